The normalized spacial score (nSPS) is 33.6. The van der Waals surface area contributed by atoms with E-state index in [2.05, 4.69) is 32.0 Å². The first kappa shape index (κ1) is 18.3. The first-order valence-corrected chi connectivity index (χ1v) is 11.2. The second-order valence-electron chi connectivity index (χ2n) is 8.46. The number of ether oxygens (including phenoxy) is 1. The standard InChI is InChI=1S/C22H26N2O3S/c1-14-3-4-15(2)16(11-14)12-24-13-22-6-5-17(27-22)18(19(22)21(24)26)20(25)23-7-9-28-10-8-23/h3-6,11,17-19H,7-10,12-13H2,1-2H3/t17-,18-,19+,22-/m0/s1. The fourth-order valence-corrected chi connectivity index (χ4v) is 6.07. The molecule has 4 aliphatic rings. The van der Waals surface area contributed by atoms with Gasteiger partial charge in [0.2, 0.25) is 11.8 Å². The number of amides is 2. The smallest absolute Gasteiger partial charge is 0.230 e. The summed E-state index contributed by atoms with van der Waals surface area (Å²) in [5.74, 6) is 1.37. The topological polar surface area (TPSA) is 49.9 Å². The Bertz CT molecular complexity index is 863. The Morgan fingerprint density at radius 2 is 2.07 bits per heavy atom. The maximum Gasteiger partial charge on any atom is 0.230 e. The van der Waals surface area contributed by atoms with Gasteiger partial charge in [0.1, 0.15) is 5.60 Å². The van der Waals surface area contributed by atoms with Crippen molar-refractivity contribution in [2.24, 2.45) is 11.8 Å². The molecule has 4 aliphatic heterocycles. The summed E-state index contributed by atoms with van der Waals surface area (Å²) in [6.07, 6.45) is 3.80. The van der Waals surface area contributed by atoms with E-state index in [0.29, 0.717) is 13.1 Å². The molecule has 0 unspecified atom stereocenters. The molecule has 148 valence electrons. The number of likely N-dealkylation sites (tertiary alicyclic amines) is 1. The van der Waals surface area contributed by atoms with Gasteiger partial charge in [0.15, 0.2) is 0 Å². The number of thioether (sulfide) groups is 1. The molecule has 3 saturated heterocycles. The molecular formula is C22H26N2O3S. The lowest BCUT2D eigenvalue weighted by Crippen LogP contribution is -2.48. The van der Waals surface area contributed by atoms with E-state index in [9.17, 15) is 9.59 Å². The lowest BCUT2D eigenvalue weighted by atomic mass is 9.76. The molecule has 0 N–H and O–H groups in total. The number of hydrogen-bond donors (Lipinski definition) is 0. The third kappa shape index (κ3) is 2.72. The van der Waals surface area contributed by atoms with Gasteiger partial charge in [-0.25, -0.2) is 0 Å². The molecule has 1 aromatic rings. The van der Waals surface area contributed by atoms with E-state index in [1.807, 2.05) is 33.7 Å². The molecule has 2 bridgehead atoms. The van der Waals surface area contributed by atoms with Gasteiger partial charge >= 0.3 is 0 Å². The number of fused-ring (bicyclic) bond motifs is 1. The van der Waals surface area contributed by atoms with Crippen molar-refractivity contribution in [1.29, 1.82) is 0 Å². The molecule has 4 atom stereocenters. The van der Waals surface area contributed by atoms with Gasteiger partial charge in [-0.05, 0) is 25.0 Å². The summed E-state index contributed by atoms with van der Waals surface area (Å²) in [7, 11) is 0. The number of hydrogen-bond acceptors (Lipinski definition) is 4. The minimum absolute atomic E-state index is 0.0671. The van der Waals surface area contributed by atoms with E-state index in [-0.39, 0.29) is 29.8 Å². The molecule has 5 nitrogen and oxygen atoms in total. The predicted octanol–water partition coefficient (Wildman–Crippen LogP) is 2.16. The first-order chi connectivity index (χ1) is 13.5. The SMILES string of the molecule is Cc1ccc(C)c(CN2C[C@]34C=C[C@H](O3)[C@H](C(=O)N3CCSCC3)[C@@H]4C2=O)c1. The zero-order chi connectivity index (χ0) is 19.5. The number of nitrogens with zero attached hydrogens (tertiary/aromatic N) is 2. The van der Waals surface area contributed by atoms with Crippen LogP contribution in [0.5, 0.6) is 0 Å². The van der Waals surface area contributed by atoms with Crippen molar-refractivity contribution in [3.8, 4) is 0 Å². The second-order valence-corrected chi connectivity index (χ2v) is 9.69. The molecule has 2 amide bonds. The van der Waals surface area contributed by atoms with Crippen LogP contribution in [0, 0.1) is 25.7 Å². The van der Waals surface area contributed by atoms with Crippen LogP contribution in [0.25, 0.3) is 0 Å². The quantitative estimate of drug-likeness (QED) is 0.733. The van der Waals surface area contributed by atoms with Crippen LogP contribution >= 0.6 is 11.8 Å². The average Bonchev–Trinajstić information content (AvgIpc) is 3.33. The van der Waals surface area contributed by atoms with E-state index < -0.39 is 5.60 Å². The zero-order valence-electron chi connectivity index (χ0n) is 16.4. The fraction of sp³-hybridized carbons (Fsp3) is 0.545. The van der Waals surface area contributed by atoms with Crippen LogP contribution in [-0.2, 0) is 20.9 Å². The summed E-state index contributed by atoms with van der Waals surface area (Å²) in [6, 6.07) is 6.35. The van der Waals surface area contributed by atoms with E-state index in [0.717, 1.165) is 24.6 Å². The summed E-state index contributed by atoms with van der Waals surface area (Å²) in [4.78, 5) is 30.5. The monoisotopic (exact) mass is 398 g/mol. The molecule has 0 saturated carbocycles. The lowest BCUT2D eigenvalue weighted by Gasteiger charge is -2.32. The average molecular weight is 399 g/mol. The van der Waals surface area contributed by atoms with Crippen molar-refractivity contribution in [2.75, 3.05) is 31.1 Å². The predicted molar refractivity (Wildman–Crippen MR) is 109 cm³/mol. The van der Waals surface area contributed by atoms with Gasteiger partial charge < -0.3 is 14.5 Å². The van der Waals surface area contributed by atoms with E-state index >= 15 is 0 Å². The van der Waals surface area contributed by atoms with Gasteiger partial charge in [0, 0.05) is 31.1 Å². The van der Waals surface area contributed by atoms with Crippen molar-refractivity contribution < 1.29 is 14.3 Å². The first-order valence-electron chi connectivity index (χ1n) is 10.1. The van der Waals surface area contributed by atoms with Crippen molar-refractivity contribution >= 4 is 23.6 Å². The minimum Gasteiger partial charge on any atom is -0.360 e. The van der Waals surface area contributed by atoms with Crippen LogP contribution in [0.15, 0.2) is 30.4 Å². The van der Waals surface area contributed by atoms with Crippen LogP contribution in [0.1, 0.15) is 16.7 Å². The van der Waals surface area contributed by atoms with Crippen molar-refractivity contribution in [1.82, 2.24) is 9.80 Å². The molecule has 28 heavy (non-hydrogen) atoms. The number of aryl methyl sites for hydroxylation is 2. The van der Waals surface area contributed by atoms with Crippen molar-refractivity contribution in [2.45, 2.75) is 32.1 Å². The van der Waals surface area contributed by atoms with Crippen LogP contribution in [-0.4, -0.2) is 64.5 Å². The summed E-state index contributed by atoms with van der Waals surface area (Å²) >= 11 is 1.88. The molecule has 1 spiro atoms. The van der Waals surface area contributed by atoms with Crippen molar-refractivity contribution in [3.63, 3.8) is 0 Å². The molecule has 5 rings (SSSR count). The van der Waals surface area contributed by atoms with Gasteiger partial charge in [0.25, 0.3) is 0 Å². The zero-order valence-corrected chi connectivity index (χ0v) is 17.2. The lowest BCUT2D eigenvalue weighted by molar-refractivity contribution is -0.143. The van der Waals surface area contributed by atoms with Crippen LogP contribution < -0.4 is 0 Å². The van der Waals surface area contributed by atoms with E-state index in [1.54, 1.807) is 0 Å². The Morgan fingerprint density at radius 3 is 2.86 bits per heavy atom. The third-order valence-electron chi connectivity index (χ3n) is 6.65. The van der Waals surface area contributed by atoms with E-state index in [1.165, 1.54) is 16.7 Å². The maximum absolute atomic E-state index is 13.4. The molecular weight excluding hydrogens is 372 g/mol. The molecule has 0 aromatic heterocycles. The number of carbonyl (C=O) groups is 2. The van der Waals surface area contributed by atoms with Gasteiger partial charge in [-0.2, -0.15) is 11.8 Å². The highest BCUT2D eigenvalue weighted by atomic mass is 32.2. The Morgan fingerprint density at radius 1 is 1.29 bits per heavy atom. The molecule has 6 heteroatoms. The van der Waals surface area contributed by atoms with Gasteiger partial charge in [-0.15, -0.1) is 0 Å². The summed E-state index contributed by atoms with van der Waals surface area (Å²) in [6.45, 7) is 6.82. The highest BCUT2D eigenvalue weighted by molar-refractivity contribution is 7.99. The molecule has 4 heterocycles. The Hall–Kier alpha value is -1.79. The number of rotatable bonds is 3. The van der Waals surface area contributed by atoms with Crippen LogP contribution in [0.3, 0.4) is 0 Å². The van der Waals surface area contributed by atoms with Crippen molar-refractivity contribution in [3.05, 3.63) is 47.0 Å². The fourth-order valence-electron chi connectivity index (χ4n) is 5.16. The number of benzene rings is 1. The largest absolute Gasteiger partial charge is 0.360 e. The summed E-state index contributed by atoms with van der Waals surface area (Å²) in [5.41, 5.74) is 2.93. The Labute approximate surface area is 170 Å². The summed E-state index contributed by atoms with van der Waals surface area (Å²) in [5, 5.41) is 0. The van der Waals surface area contributed by atoms with Crippen LogP contribution in [0.2, 0.25) is 0 Å². The van der Waals surface area contributed by atoms with Crippen LogP contribution in [0.4, 0.5) is 0 Å². The van der Waals surface area contributed by atoms with Gasteiger partial charge in [-0.1, -0.05) is 35.9 Å². The second kappa shape index (κ2) is 6.63. The maximum atomic E-state index is 13.4. The summed E-state index contributed by atoms with van der Waals surface area (Å²) < 4.78 is 6.27. The van der Waals surface area contributed by atoms with Gasteiger partial charge in [-0.3, -0.25) is 9.59 Å². The number of carbonyl (C=O) groups excluding carboxylic acids is 2. The highest BCUT2D eigenvalue weighted by Gasteiger charge is 2.67. The highest BCUT2D eigenvalue weighted by Crippen LogP contribution is 2.52. The molecule has 1 aromatic carbocycles. The minimum atomic E-state index is -0.621. The molecule has 0 radical (unpaired) electrons. The molecule has 0 aliphatic carbocycles. The Kier molecular flexibility index (Phi) is 4.32. The Balaban J connectivity index is 1.40. The van der Waals surface area contributed by atoms with E-state index in [4.69, 9.17) is 4.74 Å². The molecule has 3 fully saturated rings. The van der Waals surface area contributed by atoms with Gasteiger partial charge in [0.05, 0.1) is 24.5 Å². The third-order valence-corrected chi connectivity index (χ3v) is 7.59.